The van der Waals surface area contributed by atoms with Gasteiger partial charge in [0.05, 0.1) is 18.8 Å². The number of ether oxygens (including phenoxy) is 1. The number of carbonyl (C=O) groups is 2. The van der Waals surface area contributed by atoms with Gasteiger partial charge in [-0.15, -0.1) is 0 Å². The Hall–Kier alpha value is -2.14. The maximum absolute atomic E-state index is 13.1. The topological polar surface area (TPSA) is 49.9 Å². The van der Waals surface area contributed by atoms with Gasteiger partial charge < -0.3 is 9.64 Å². The van der Waals surface area contributed by atoms with E-state index in [1.807, 2.05) is 30.9 Å². The molecule has 0 unspecified atom stereocenters. The van der Waals surface area contributed by atoms with Crippen molar-refractivity contribution >= 4 is 17.4 Å². The van der Waals surface area contributed by atoms with Crippen molar-refractivity contribution in [3.8, 4) is 0 Å². The molecule has 0 saturated carbocycles. The first-order valence-corrected chi connectivity index (χ1v) is 9.05. The largest absolute Gasteiger partial charge is 0.378 e. The summed E-state index contributed by atoms with van der Waals surface area (Å²) in [5.41, 5.74) is 4.15. The average molecular weight is 342 g/mol. The second-order valence-corrected chi connectivity index (χ2v) is 6.76. The summed E-state index contributed by atoms with van der Waals surface area (Å²) >= 11 is 0. The van der Waals surface area contributed by atoms with Gasteiger partial charge in [-0.1, -0.05) is 37.1 Å². The van der Waals surface area contributed by atoms with Gasteiger partial charge in [-0.05, 0) is 31.4 Å². The van der Waals surface area contributed by atoms with E-state index in [0.717, 1.165) is 29.5 Å². The number of aryl methyl sites for hydroxylation is 2. The molecule has 5 heteroatoms. The summed E-state index contributed by atoms with van der Waals surface area (Å²) < 4.78 is 5.42. The SMILES string of the molecule is CCCCN1C(=O)C(c2ccc(C)cc2C)=C(N2CCOCC2)C1=O. The molecule has 3 rings (SSSR count). The first-order chi connectivity index (χ1) is 12.0. The molecule has 0 spiro atoms. The molecule has 2 amide bonds. The minimum absolute atomic E-state index is 0.157. The minimum Gasteiger partial charge on any atom is -0.378 e. The van der Waals surface area contributed by atoms with Crippen LogP contribution >= 0.6 is 0 Å². The van der Waals surface area contributed by atoms with E-state index >= 15 is 0 Å². The number of imide groups is 1. The number of carbonyl (C=O) groups excluding carboxylic acids is 2. The van der Waals surface area contributed by atoms with Gasteiger partial charge in [0.2, 0.25) is 0 Å². The molecule has 0 bridgehead atoms. The molecule has 5 nitrogen and oxygen atoms in total. The lowest BCUT2D eigenvalue weighted by Crippen LogP contribution is -2.40. The maximum atomic E-state index is 13.1. The van der Waals surface area contributed by atoms with Crippen molar-refractivity contribution in [3.63, 3.8) is 0 Å². The third kappa shape index (κ3) is 3.33. The van der Waals surface area contributed by atoms with Crippen molar-refractivity contribution in [1.29, 1.82) is 0 Å². The van der Waals surface area contributed by atoms with Crippen LogP contribution < -0.4 is 0 Å². The summed E-state index contributed by atoms with van der Waals surface area (Å²) in [5, 5.41) is 0. The molecular formula is C20H26N2O3. The zero-order chi connectivity index (χ0) is 18.0. The fourth-order valence-electron chi connectivity index (χ4n) is 3.50. The van der Waals surface area contributed by atoms with Crippen LogP contribution in [-0.4, -0.2) is 54.5 Å². The summed E-state index contributed by atoms with van der Waals surface area (Å²) in [6, 6.07) is 6.03. The van der Waals surface area contributed by atoms with Crippen LogP contribution in [0, 0.1) is 13.8 Å². The number of morpholine rings is 1. The summed E-state index contributed by atoms with van der Waals surface area (Å²) in [4.78, 5) is 29.6. The second-order valence-electron chi connectivity index (χ2n) is 6.76. The molecule has 1 aromatic rings. The van der Waals surface area contributed by atoms with E-state index in [0.29, 0.717) is 44.1 Å². The van der Waals surface area contributed by atoms with Crippen molar-refractivity contribution in [2.45, 2.75) is 33.6 Å². The van der Waals surface area contributed by atoms with Crippen LogP contribution in [-0.2, 0) is 14.3 Å². The Labute approximate surface area is 149 Å². The van der Waals surface area contributed by atoms with E-state index in [2.05, 4.69) is 13.0 Å². The molecule has 1 saturated heterocycles. The molecule has 1 aromatic carbocycles. The van der Waals surface area contributed by atoms with Crippen LogP contribution in [0.5, 0.6) is 0 Å². The third-order valence-electron chi connectivity index (χ3n) is 4.86. The molecule has 0 radical (unpaired) electrons. The fraction of sp³-hybridized carbons (Fsp3) is 0.500. The maximum Gasteiger partial charge on any atom is 0.277 e. The number of hydrogen-bond donors (Lipinski definition) is 0. The highest BCUT2D eigenvalue weighted by atomic mass is 16.5. The van der Waals surface area contributed by atoms with Crippen LogP contribution in [0.1, 0.15) is 36.5 Å². The monoisotopic (exact) mass is 342 g/mol. The number of hydrogen-bond acceptors (Lipinski definition) is 4. The fourth-order valence-corrected chi connectivity index (χ4v) is 3.50. The summed E-state index contributed by atoms with van der Waals surface area (Å²) in [6.45, 7) is 9.03. The minimum atomic E-state index is -0.160. The van der Waals surface area contributed by atoms with E-state index in [-0.39, 0.29) is 11.8 Å². The van der Waals surface area contributed by atoms with Gasteiger partial charge in [-0.3, -0.25) is 14.5 Å². The molecule has 1 fully saturated rings. The Morgan fingerprint density at radius 1 is 1.08 bits per heavy atom. The Morgan fingerprint density at radius 2 is 1.80 bits per heavy atom. The Bertz CT molecular complexity index is 718. The zero-order valence-electron chi connectivity index (χ0n) is 15.3. The first kappa shape index (κ1) is 17.7. The van der Waals surface area contributed by atoms with E-state index in [4.69, 9.17) is 4.74 Å². The van der Waals surface area contributed by atoms with Gasteiger partial charge in [-0.2, -0.15) is 0 Å². The van der Waals surface area contributed by atoms with Gasteiger partial charge in [0.1, 0.15) is 5.70 Å². The molecule has 2 heterocycles. The van der Waals surface area contributed by atoms with Crippen molar-refractivity contribution in [3.05, 3.63) is 40.6 Å². The second kappa shape index (κ2) is 7.40. The summed E-state index contributed by atoms with van der Waals surface area (Å²) in [5.74, 6) is -0.317. The smallest absolute Gasteiger partial charge is 0.277 e. The van der Waals surface area contributed by atoms with Crippen LogP contribution in [0.3, 0.4) is 0 Å². The highest BCUT2D eigenvalue weighted by Gasteiger charge is 2.41. The lowest BCUT2D eigenvalue weighted by atomic mass is 9.97. The van der Waals surface area contributed by atoms with Gasteiger partial charge in [-0.25, -0.2) is 0 Å². The Morgan fingerprint density at radius 3 is 2.44 bits per heavy atom. The Kier molecular flexibility index (Phi) is 5.23. The van der Waals surface area contributed by atoms with E-state index in [1.54, 1.807) is 0 Å². The molecule has 134 valence electrons. The lowest BCUT2D eigenvalue weighted by molar-refractivity contribution is -0.137. The number of rotatable bonds is 5. The van der Waals surface area contributed by atoms with E-state index in [9.17, 15) is 9.59 Å². The highest BCUT2D eigenvalue weighted by molar-refractivity contribution is 6.35. The average Bonchev–Trinajstić information content (AvgIpc) is 2.84. The number of nitrogens with zero attached hydrogens (tertiary/aromatic N) is 2. The number of benzene rings is 1. The van der Waals surface area contributed by atoms with Gasteiger partial charge in [0.15, 0.2) is 0 Å². The zero-order valence-corrected chi connectivity index (χ0v) is 15.3. The van der Waals surface area contributed by atoms with Crippen molar-refractivity contribution in [1.82, 2.24) is 9.80 Å². The number of amides is 2. The van der Waals surface area contributed by atoms with Crippen molar-refractivity contribution < 1.29 is 14.3 Å². The summed E-state index contributed by atoms with van der Waals surface area (Å²) in [6.07, 6.45) is 1.77. The molecule has 25 heavy (non-hydrogen) atoms. The molecule has 2 aliphatic heterocycles. The summed E-state index contributed by atoms with van der Waals surface area (Å²) in [7, 11) is 0. The van der Waals surface area contributed by atoms with Gasteiger partial charge in [0.25, 0.3) is 11.8 Å². The predicted octanol–water partition coefficient (Wildman–Crippen LogP) is 2.52. The van der Waals surface area contributed by atoms with Crippen LogP contribution in [0.4, 0.5) is 0 Å². The molecule has 0 atom stereocenters. The van der Waals surface area contributed by atoms with E-state index < -0.39 is 0 Å². The Balaban J connectivity index is 2.07. The third-order valence-corrected chi connectivity index (χ3v) is 4.86. The van der Waals surface area contributed by atoms with Crippen LogP contribution in [0.25, 0.3) is 5.57 Å². The van der Waals surface area contributed by atoms with Crippen LogP contribution in [0.15, 0.2) is 23.9 Å². The molecule has 0 aromatic heterocycles. The predicted molar refractivity (Wildman–Crippen MR) is 96.9 cm³/mol. The van der Waals surface area contributed by atoms with Crippen molar-refractivity contribution in [2.24, 2.45) is 0 Å². The lowest BCUT2D eigenvalue weighted by Gasteiger charge is -2.29. The molecular weight excluding hydrogens is 316 g/mol. The first-order valence-electron chi connectivity index (χ1n) is 9.05. The molecule has 0 N–H and O–H groups in total. The quantitative estimate of drug-likeness (QED) is 0.772. The van der Waals surface area contributed by atoms with Gasteiger partial charge >= 0.3 is 0 Å². The van der Waals surface area contributed by atoms with E-state index in [1.165, 1.54) is 4.90 Å². The standard InChI is InChI=1S/C20H26N2O3/c1-4-5-8-22-19(23)17(16-7-6-14(2)13-15(16)3)18(20(22)24)21-9-11-25-12-10-21/h6-7,13H,4-5,8-12H2,1-3H3. The normalized spacial score (nSPS) is 18.5. The molecule has 0 aliphatic carbocycles. The highest BCUT2D eigenvalue weighted by Crippen LogP contribution is 2.34. The molecule has 2 aliphatic rings. The van der Waals surface area contributed by atoms with Gasteiger partial charge in [0, 0.05) is 19.6 Å². The number of unbranched alkanes of at least 4 members (excludes halogenated alkanes) is 1. The van der Waals surface area contributed by atoms with Crippen LogP contribution in [0.2, 0.25) is 0 Å². The van der Waals surface area contributed by atoms with Crippen molar-refractivity contribution in [2.75, 3.05) is 32.8 Å².